The summed E-state index contributed by atoms with van der Waals surface area (Å²) in [6.45, 7) is 87.8. The number of halogens is 6. The molecule has 6 aromatic carbocycles. The molecule has 642 valence electrons. The molecule has 0 amide bonds. The van der Waals surface area contributed by atoms with Gasteiger partial charge in [0.15, 0.2) is 0 Å². The van der Waals surface area contributed by atoms with E-state index in [1.54, 1.807) is 48.0 Å². The fourth-order valence-corrected chi connectivity index (χ4v) is 17.5. The molecule has 0 radical (unpaired) electrons. The smallest absolute Gasteiger partial charge is 0.213 e. The highest BCUT2D eigenvalue weighted by Crippen LogP contribution is 2.43. The van der Waals surface area contributed by atoms with E-state index in [-0.39, 0.29) is 35.2 Å². The summed E-state index contributed by atoms with van der Waals surface area (Å²) in [5.74, 6) is 9.76. The highest BCUT2D eigenvalue weighted by atomic mass is 35.5. The summed E-state index contributed by atoms with van der Waals surface area (Å²) in [7, 11) is 1.58. The SMILES string of the molecule is CC(C)c1cc(C(C)C)c(C(C)C)s1.CC(C)c1cc(C(C)C)c(Cl)c(C(C)C)c1.CC(C)c1cc(C(C)C)c(F)c(C(C)C)c1.CC(C)c1cc(Cl)cc(C(C)C)c1C(C)C.CC(C)c1cc(F)cc(C(C)C)c1C(C)C.CC(C)c1ccc(Cl)c(C(C)C)c1C(C)C.COc1cc(-c2cc(F)cc(C(C)C)c2C(C)C)ccn1. The van der Waals surface area contributed by atoms with E-state index in [1.165, 1.54) is 82.8 Å². The van der Waals surface area contributed by atoms with Crippen molar-refractivity contribution in [3.8, 4) is 17.0 Å². The van der Waals surface area contributed by atoms with E-state index in [9.17, 15) is 13.2 Å². The lowest BCUT2D eigenvalue weighted by Crippen LogP contribution is -2.06. The van der Waals surface area contributed by atoms with Crippen LogP contribution in [0.5, 0.6) is 5.88 Å². The maximum absolute atomic E-state index is 14.2. The van der Waals surface area contributed by atoms with Gasteiger partial charge in [0.1, 0.15) is 17.5 Å². The van der Waals surface area contributed by atoms with Gasteiger partial charge in [-0.15, -0.1) is 11.3 Å². The van der Waals surface area contributed by atoms with E-state index in [1.807, 2.05) is 63.3 Å². The molecule has 0 saturated heterocycles. The Balaban J connectivity index is 0.000000457. The summed E-state index contributed by atoms with van der Waals surface area (Å²) in [6, 6.07) is 29.9. The lowest BCUT2D eigenvalue weighted by molar-refractivity contribution is 0.398. The third-order valence-electron chi connectivity index (χ3n) is 21.4. The maximum Gasteiger partial charge on any atom is 0.213 e. The summed E-state index contributed by atoms with van der Waals surface area (Å²) < 4.78 is 47.0. The van der Waals surface area contributed by atoms with E-state index in [4.69, 9.17) is 39.5 Å². The molecular weight excluding hydrogens is 1500 g/mol. The van der Waals surface area contributed by atoms with Gasteiger partial charge < -0.3 is 4.74 Å². The van der Waals surface area contributed by atoms with Crippen LogP contribution in [0.1, 0.15) is 505 Å². The Labute approximate surface area is 723 Å². The predicted octanol–water partition coefficient (Wildman–Crippen LogP) is 37.8. The second-order valence-electron chi connectivity index (χ2n) is 38.1. The molecule has 0 saturated carbocycles. The van der Waals surface area contributed by atoms with Crippen LogP contribution in [0.3, 0.4) is 0 Å². The quantitative estimate of drug-likeness (QED) is 0.0675. The van der Waals surface area contributed by atoms with Crippen molar-refractivity contribution in [2.45, 2.75) is 395 Å². The predicted molar refractivity (Wildman–Crippen MR) is 509 cm³/mol. The van der Waals surface area contributed by atoms with Gasteiger partial charge in [-0.05, 0) is 284 Å². The van der Waals surface area contributed by atoms with Crippen LogP contribution in [0.2, 0.25) is 15.1 Å². The van der Waals surface area contributed by atoms with Gasteiger partial charge >= 0.3 is 0 Å². The molecule has 2 nitrogen and oxygen atoms in total. The van der Waals surface area contributed by atoms with Crippen molar-refractivity contribution in [2.24, 2.45) is 0 Å². The molecule has 0 atom stereocenters. The summed E-state index contributed by atoms with van der Waals surface area (Å²) >= 11 is 21.0. The van der Waals surface area contributed by atoms with Gasteiger partial charge in [-0.3, -0.25) is 0 Å². The number of hydrogen-bond acceptors (Lipinski definition) is 3. The summed E-state index contributed by atoms with van der Waals surface area (Å²) in [5.41, 5.74) is 24.8. The molecule has 8 rings (SSSR count). The first kappa shape index (κ1) is 106. The molecule has 9 heteroatoms. The van der Waals surface area contributed by atoms with Crippen molar-refractivity contribution < 1.29 is 17.9 Å². The molecular formula is C106H159Cl3F3NOS. The van der Waals surface area contributed by atoms with Gasteiger partial charge in [0.25, 0.3) is 0 Å². The average molecular weight is 1660 g/mol. The number of pyridine rings is 1. The Morgan fingerprint density at radius 2 is 0.617 bits per heavy atom. The highest BCUT2D eigenvalue weighted by Gasteiger charge is 2.25. The number of methoxy groups -OCH3 is 1. The Morgan fingerprint density at radius 1 is 0.287 bits per heavy atom. The van der Waals surface area contributed by atoms with E-state index in [0.717, 1.165) is 42.9 Å². The summed E-state index contributed by atoms with van der Waals surface area (Å²) in [6.07, 6.45) is 1.69. The molecule has 0 bridgehead atoms. The minimum atomic E-state index is -0.200. The Bertz CT molecular complexity index is 3970. The van der Waals surface area contributed by atoms with E-state index >= 15 is 0 Å². The maximum atomic E-state index is 14.2. The molecule has 0 N–H and O–H groups in total. The molecule has 0 unspecified atom stereocenters. The number of hydrogen-bond donors (Lipinski definition) is 0. The Kier molecular flexibility index (Phi) is 44.8. The number of rotatable bonds is 22. The summed E-state index contributed by atoms with van der Waals surface area (Å²) in [5, 5.41) is 2.76. The van der Waals surface area contributed by atoms with Crippen LogP contribution in [-0.4, -0.2) is 12.1 Å². The van der Waals surface area contributed by atoms with E-state index < -0.39 is 0 Å². The first-order valence-electron chi connectivity index (χ1n) is 43.7. The van der Waals surface area contributed by atoms with Gasteiger partial charge in [0.2, 0.25) is 5.88 Å². The molecule has 0 aliphatic carbocycles. The third-order valence-corrected chi connectivity index (χ3v) is 24.1. The van der Waals surface area contributed by atoms with Crippen LogP contribution in [0.25, 0.3) is 11.1 Å². The lowest BCUT2D eigenvalue weighted by atomic mass is 9.83. The molecule has 0 fully saturated rings. The van der Waals surface area contributed by atoms with E-state index in [2.05, 4.69) is 297 Å². The first-order valence-corrected chi connectivity index (χ1v) is 45.7. The Morgan fingerprint density at radius 3 is 0.922 bits per heavy atom. The second-order valence-corrected chi connectivity index (χ2v) is 40.4. The fourth-order valence-electron chi connectivity index (χ4n) is 15.0. The zero-order valence-corrected chi connectivity index (χ0v) is 82.9. The number of aromatic nitrogens is 1. The topological polar surface area (TPSA) is 22.1 Å². The van der Waals surface area contributed by atoms with E-state index in [0.29, 0.717) is 106 Å². The standard InChI is InChI=1S/C18H22FNO.3C15H23Cl.2C15H23F.C13H22S/c1-11(2)15-9-14(19)10-16(18(15)12(3)4)13-6-7-20-17(8-13)21-5;1-9(2)13-7-12(16)8-14(10(3)4)15(13)11(5)6;1-9(2)12-7-13(10(3)4)15(16)14(8-12)11(5)6;1-9(2)12-7-8-13(16)15(11(5)6)14(12)10(3)4;1-9(2)13-7-12(16)8-14(10(3)4)15(13)11(5)6;1-9(2)12-7-13(10(3)4)15(16)14(8-12)11(5)6;1-8(2)11-7-12(9(3)4)14-13(11)10(5)6/h6-12H,1-5H3;5*7-11H,1-6H3;7-10H,1-6H3. The monoisotopic (exact) mass is 1660 g/mol. The number of benzene rings is 6. The largest absolute Gasteiger partial charge is 0.481 e. The van der Waals surface area contributed by atoms with Crippen molar-refractivity contribution >= 4 is 46.1 Å². The number of ether oxygens (including phenoxy) is 1. The van der Waals surface area contributed by atoms with Gasteiger partial charge in [0.05, 0.1) is 7.11 Å². The first-order chi connectivity index (χ1) is 53.1. The number of nitrogens with zero attached hydrogens (tertiary/aromatic N) is 1. The van der Waals surface area contributed by atoms with Crippen LogP contribution in [-0.2, 0) is 0 Å². The van der Waals surface area contributed by atoms with Crippen molar-refractivity contribution in [3.05, 3.63) is 240 Å². The van der Waals surface area contributed by atoms with Crippen LogP contribution in [0, 0.1) is 17.5 Å². The van der Waals surface area contributed by atoms with Crippen molar-refractivity contribution in [1.82, 2.24) is 4.98 Å². The average Bonchev–Trinajstić information content (AvgIpc) is 1.50. The molecule has 0 aliphatic rings. The molecule has 2 heterocycles. The minimum Gasteiger partial charge on any atom is -0.481 e. The number of thiophene rings is 1. The lowest BCUT2D eigenvalue weighted by Gasteiger charge is -2.23. The Hall–Kier alpha value is -5.37. The van der Waals surface area contributed by atoms with Gasteiger partial charge in [0, 0.05) is 37.1 Å². The third kappa shape index (κ3) is 31.0. The fraction of sp³-hybridized carbons (Fsp3) is 0.575. The minimum absolute atomic E-state index is 0.00519. The molecule has 115 heavy (non-hydrogen) atoms. The normalized spacial score (nSPS) is 11.8. The van der Waals surface area contributed by atoms with Crippen molar-refractivity contribution in [2.75, 3.05) is 7.11 Å². The van der Waals surface area contributed by atoms with Gasteiger partial charge in [-0.1, -0.05) is 342 Å². The molecule has 8 aromatic rings. The van der Waals surface area contributed by atoms with Crippen LogP contribution < -0.4 is 4.74 Å². The van der Waals surface area contributed by atoms with Gasteiger partial charge in [-0.25, -0.2) is 18.2 Å². The zero-order chi connectivity index (χ0) is 88.7. The molecule has 0 aliphatic heterocycles. The van der Waals surface area contributed by atoms with Crippen LogP contribution in [0.15, 0.2) is 97.2 Å². The van der Waals surface area contributed by atoms with Crippen molar-refractivity contribution in [1.29, 1.82) is 0 Å². The zero-order valence-electron chi connectivity index (χ0n) is 79.8. The molecule has 0 spiro atoms. The highest BCUT2D eigenvalue weighted by molar-refractivity contribution is 7.12. The van der Waals surface area contributed by atoms with Crippen molar-refractivity contribution in [3.63, 3.8) is 0 Å². The molecule has 2 aromatic heterocycles. The summed E-state index contributed by atoms with van der Waals surface area (Å²) in [4.78, 5) is 7.25. The van der Waals surface area contributed by atoms with Gasteiger partial charge in [-0.2, -0.15) is 0 Å². The second kappa shape index (κ2) is 48.8. The van der Waals surface area contributed by atoms with Crippen LogP contribution >= 0.6 is 46.1 Å². The van der Waals surface area contributed by atoms with Crippen LogP contribution in [0.4, 0.5) is 13.2 Å².